The van der Waals surface area contributed by atoms with E-state index in [9.17, 15) is 4.79 Å². The minimum absolute atomic E-state index is 0.0540. The van der Waals surface area contributed by atoms with Gasteiger partial charge in [-0.05, 0) is 44.6 Å². The number of benzene rings is 1. The molecule has 0 N–H and O–H groups in total. The Morgan fingerprint density at radius 1 is 1.09 bits per heavy atom. The van der Waals surface area contributed by atoms with Crippen LogP contribution in [-0.2, 0) is 0 Å². The summed E-state index contributed by atoms with van der Waals surface area (Å²) >= 11 is 0. The van der Waals surface area contributed by atoms with E-state index in [0.29, 0.717) is 28.7 Å². The SMILES string of the molecule is COc1ccc(OC)c(C(=O)PCC(C)CC(C)(C)C)c1OC. The maximum atomic E-state index is 12.7. The quantitative estimate of drug-likeness (QED) is 0.649. The van der Waals surface area contributed by atoms with Crippen LogP contribution in [0.4, 0.5) is 0 Å². The molecule has 0 bridgehead atoms. The Bertz CT molecular complexity index is 535. The monoisotopic (exact) mass is 340 g/mol. The zero-order valence-electron chi connectivity index (χ0n) is 15.3. The molecule has 23 heavy (non-hydrogen) atoms. The van der Waals surface area contributed by atoms with Crippen molar-refractivity contribution in [2.24, 2.45) is 11.3 Å². The fraction of sp³-hybridized carbons (Fsp3) is 0.611. The van der Waals surface area contributed by atoms with E-state index in [-0.39, 0.29) is 19.5 Å². The molecule has 0 amide bonds. The lowest BCUT2D eigenvalue weighted by molar-refractivity contribution is 0.107. The van der Waals surface area contributed by atoms with Crippen molar-refractivity contribution in [1.82, 2.24) is 0 Å². The molecule has 0 radical (unpaired) electrons. The van der Waals surface area contributed by atoms with Crippen molar-refractivity contribution in [3.8, 4) is 17.2 Å². The van der Waals surface area contributed by atoms with E-state index in [1.807, 2.05) is 0 Å². The standard InChI is InChI=1S/C18H29O4P/c1-12(10-18(2,3)4)11-23-17(19)15-13(20-5)8-9-14(21-6)16(15)22-7/h8-9,12,23H,10-11H2,1-7H3. The van der Waals surface area contributed by atoms with Crippen LogP contribution in [0.25, 0.3) is 0 Å². The largest absolute Gasteiger partial charge is 0.496 e. The molecule has 1 aromatic carbocycles. The fourth-order valence-corrected chi connectivity index (χ4v) is 3.86. The summed E-state index contributed by atoms with van der Waals surface area (Å²) in [5, 5.41) is 0. The number of hydrogen-bond acceptors (Lipinski definition) is 4. The van der Waals surface area contributed by atoms with Crippen LogP contribution in [0.15, 0.2) is 12.1 Å². The van der Waals surface area contributed by atoms with E-state index in [1.165, 1.54) is 0 Å². The highest BCUT2D eigenvalue weighted by Gasteiger charge is 2.23. The van der Waals surface area contributed by atoms with Crippen LogP contribution in [0.1, 0.15) is 44.5 Å². The zero-order valence-corrected chi connectivity index (χ0v) is 16.3. The minimum atomic E-state index is 0.0540. The first-order valence-electron chi connectivity index (χ1n) is 7.80. The van der Waals surface area contributed by atoms with Gasteiger partial charge in [0.15, 0.2) is 17.0 Å². The molecule has 0 aliphatic heterocycles. The van der Waals surface area contributed by atoms with Gasteiger partial charge in [0.25, 0.3) is 0 Å². The first-order valence-corrected chi connectivity index (χ1v) is 9.01. The van der Waals surface area contributed by atoms with Crippen LogP contribution >= 0.6 is 8.58 Å². The van der Waals surface area contributed by atoms with Crippen LogP contribution in [-0.4, -0.2) is 33.0 Å². The van der Waals surface area contributed by atoms with Crippen molar-refractivity contribution < 1.29 is 19.0 Å². The fourth-order valence-electron chi connectivity index (χ4n) is 2.77. The van der Waals surface area contributed by atoms with Crippen molar-refractivity contribution >= 4 is 14.1 Å². The van der Waals surface area contributed by atoms with Gasteiger partial charge in [-0.1, -0.05) is 27.7 Å². The van der Waals surface area contributed by atoms with E-state index in [0.717, 1.165) is 12.6 Å². The smallest absolute Gasteiger partial charge is 0.188 e. The second-order valence-electron chi connectivity index (χ2n) is 6.96. The van der Waals surface area contributed by atoms with E-state index in [4.69, 9.17) is 14.2 Å². The molecule has 1 aromatic rings. The maximum Gasteiger partial charge on any atom is 0.188 e. The van der Waals surface area contributed by atoms with Crippen LogP contribution < -0.4 is 14.2 Å². The first kappa shape index (κ1) is 19.8. The highest BCUT2D eigenvalue weighted by Crippen LogP contribution is 2.41. The Morgan fingerprint density at radius 2 is 1.65 bits per heavy atom. The molecule has 0 saturated heterocycles. The van der Waals surface area contributed by atoms with Crippen LogP contribution in [0.2, 0.25) is 0 Å². The summed E-state index contributed by atoms with van der Waals surface area (Å²) in [6.07, 6.45) is 1.97. The number of methoxy groups -OCH3 is 3. The third-order valence-corrected chi connectivity index (χ3v) is 5.00. The highest BCUT2D eigenvalue weighted by molar-refractivity contribution is 7.58. The zero-order chi connectivity index (χ0) is 17.6. The van der Waals surface area contributed by atoms with Crippen LogP contribution in [0.3, 0.4) is 0 Å². The van der Waals surface area contributed by atoms with Gasteiger partial charge >= 0.3 is 0 Å². The third-order valence-electron chi connectivity index (χ3n) is 3.53. The number of carbonyl (C=O) groups is 1. The predicted octanol–water partition coefficient (Wildman–Crippen LogP) is 4.60. The topological polar surface area (TPSA) is 44.8 Å². The van der Waals surface area contributed by atoms with Gasteiger partial charge in [-0.15, -0.1) is 0 Å². The lowest BCUT2D eigenvalue weighted by Crippen LogP contribution is -2.13. The molecule has 1 rings (SSSR count). The minimum Gasteiger partial charge on any atom is -0.496 e. The molecule has 0 aromatic heterocycles. The van der Waals surface area contributed by atoms with Crippen LogP contribution in [0.5, 0.6) is 17.2 Å². The second kappa shape index (κ2) is 8.54. The maximum absolute atomic E-state index is 12.7. The molecule has 0 fully saturated rings. The Balaban J connectivity index is 2.94. The lowest BCUT2D eigenvalue weighted by Gasteiger charge is -2.23. The van der Waals surface area contributed by atoms with Gasteiger partial charge < -0.3 is 14.2 Å². The normalized spacial score (nSPS) is 13.2. The van der Waals surface area contributed by atoms with Gasteiger partial charge in [-0.25, -0.2) is 0 Å². The van der Waals surface area contributed by atoms with Crippen molar-refractivity contribution in [2.45, 2.75) is 34.1 Å². The number of ether oxygens (including phenoxy) is 3. The molecule has 0 heterocycles. The molecule has 130 valence electrons. The Kier molecular flexibility index (Phi) is 7.34. The Labute approximate surface area is 141 Å². The van der Waals surface area contributed by atoms with Gasteiger partial charge in [0.1, 0.15) is 11.3 Å². The van der Waals surface area contributed by atoms with E-state index in [2.05, 4.69) is 27.7 Å². The molecule has 2 unspecified atom stereocenters. The van der Waals surface area contributed by atoms with Crippen LogP contribution in [0, 0.1) is 11.3 Å². The predicted molar refractivity (Wildman–Crippen MR) is 96.8 cm³/mol. The number of hydrogen-bond donors (Lipinski definition) is 0. The molecule has 5 heteroatoms. The Morgan fingerprint density at radius 3 is 2.13 bits per heavy atom. The van der Waals surface area contributed by atoms with Crippen molar-refractivity contribution in [3.63, 3.8) is 0 Å². The van der Waals surface area contributed by atoms with E-state index in [1.54, 1.807) is 33.5 Å². The number of carbonyl (C=O) groups excluding carboxylic acids is 1. The molecule has 4 nitrogen and oxygen atoms in total. The third kappa shape index (κ3) is 5.69. The molecule has 0 aliphatic rings. The molecular formula is C18H29O4P. The van der Waals surface area contributed by atoms with Crippen molar-refractivity contribution in [3.05, 3.63) is 17.7 Å². The van der Waals surface area contributed by atoms with Gasteiger partial charge in [0.2, 0.25) is 0 Å². The molecule has 2 atom stereocenters. The molecule has 0 saturated carbocycles. The van der Waals surface area contributed by atoms with E-state index < -0.39 is 0 Å². The van der Waals surface area contributed by atoms with E-state index >= 15 is 0 Å². The summed E-state index contributed by atoms with van der Waals surface area (Å²) in [4.78, 5) is 12.7. The van der Waals surface area contributed by atoms with Gasteiger partial charge in [-0.3, -0.25) is 4.79 Å². The Hall–Kier alpha value is -1.28. The molecule has 0 spiro atoms. The summed E-state index contributed by atoms with van der Waals surface area (Å²) in [6, 6.07) is 3.50. The second-order valence-corrected chi connectivity index (χ2v) is 8.17. The average molecular weight is 340 g/mol. The average Bonchev–Trinajstić information content (AvgIpc) is 2.49. The summed E-state index contributed by atoms with van der Waals surface area (Å²) in [7, 11) is 4.85. The number of rotatable bonds is 8. The highest BCUT2D eigenvalue weighted by atomic mass is 31.1. The van der Waals surface area contributed by atoms with Crippen molar-refractivity contribution in [2.75, 3.05) is 27.5 Å². The molecular weight excluding hydrogens is 311 g/mol. The summed E-state index contributed by atoms with van der Waals surface area (Å²) in [5.74, 6) is 2.03. The first-order chi connectivity index (χ1) is 10.7. The summed E-state index contributed by atoms with van der Waals surface area (Å²) in [5.41, 5.74) is 0.812. The lowest BCUT2D eigenvalue weighted by atomic mass is 9.86. The van der Waals surface area contributed by atoms with Gasteiger partial charge in [-0.2, -0.15) is 0 Å². The summed E-state index contributed by atoms with van der Waals surface area (Å²) in [6.45, 7) is 8.87. The van der Waals surface area contributed by atoms with Gasteiger partial charge in [0.05, 0.1) is 21.3 Å². The van der Waals surface area contributed by atoms with Crippen molar-refractivity contribution in [1.29, 1.82) is 0 Å². The van der Waals surface area contributed by atoms with Gasteiger partial charge in [0, 0.05) is 0 Å². The molecule has 0 aliphatic carbocycles. The summed E-state index contributed by atoms with van der Waals surface area (Å²) < 4.78 is 16.0.